The molecule has 0 aliphatic carbocycles. The molecule has 1 aromatic heterocycles. The Kier molecular flexibility index (Phi) is 4.12. The van der Waals surface area contributed by atoms with Crippen molar-refractivity contribution in [3.8, 4) is 0 Å². The summed E-state index contributed by atoms with van der Waals surface area (Å²) in [5.74, 6) is -0.0861. The molecule has 2 aliphatic heterocycles. The first-order valence-corrected chi connectivity index (χ1v) is 8.99. The van der Waals surface area contributed by atoms with Gasteiger partial charge in [0.25, 0.3) is 0 Å². The number of ketones is 1. The summed E-state index contributed by atoms with van der Waals surface area (Å²) in [7, 11) is 1.41. The van der Waals surface area contributed by atoms with Gasteiger partial charge in [-0.15, -0.1) is 0 Å². The van der Waals surface area contributed by atoms with E-state index in [-0.39, 0.29) is 29.6 Å². The fourth-order valence-corrected chi connectivity index (χ4v) is 4.69. The second-order valence-electron chi connectivity index (χ2n) is 7.32. The monoisotopic (exact) mass is 340 g/mol. The Morgan fingerprint density at radius 2 is 2.12 bits per heavy atom. The second-order valence-corrected chi connectivity index (χ2v) is 7.32. The molecule has 132 valence electrons. The van der Waals surface area contributed by atoms with Crippen LogP contribution in [0.25, 0.3) is 10.9 Å². The predicted octanol–water partition coefficient (Wildman–Crippen LogP) is 2.86. The molecule has 1 N–H and O–H groups in total. The molecule has 0 bridgehead atoms. The number of piperidine rings is 1. The largest absolute Gasteiger partial charge is 0.469 e. The molecule has 0 saturated carbocycles. The molecule has 0 unspecified atom stereocenters. The number of hydrogen-bond donors (Lipinski definition) is 1. The van der Waals surface area contributed by atoms with Crippen LogP contribution in [0, 0.1) is 11.8 Å². The first kappa shape index (κ1) is 16.3. The number of nitrogens with zero attached hydrogens (tertiary/aromatic N) is 1. The zero-order valence-electron chi connectivity index (χ0n) is 14.7. The Morgan fingerprint density at radius 1 is 1.32 bits per heavy atom. The van der Waals surface area contributed by atoms with Crippen molar-refractivity contribution in [2.75, 3.05) is 20.2 Å². The van der Waals surface area contributed by atoms with Gasteiger partial charge in [0, 0.05) is 42.0 Å². The first-order valence-electron chi connectivity index (χ1n) is 8.99. The van der Waals surface area contributed by atoms with Crippen LogP contribution in [0.3, 0.4) is 0 Å². The number of hydrogen-bond acceptors (Lipinski definition) is 4. The van der Waals surface area contributed by atoms with Gasteiger partial charge in [-0.1, -0.05) is 18.2 Å². The highest BCUT2D eigenvalue weighted by Gasteiger charge is 2.42. The van der Waals surface area contributed by atoms with E-state index >= 15 is 0 Å². The van der Waals surface area contributed by atoms with Crippen molar-refractivity contribution in [1.29, 1.82) is 0 Å². The number of para-hydroxylation sites is 1. The van der Waals surface area contributed by atoms with E-state index in [9.17, 15) is 9.59 Å². The number of carbonyl (C=O) groups excluding carboxylic acids is 2. The number of nitrogens with one attached hydrogen (secondary N) is 1. The zero-order chi connectivity index (χ0) is 17.6. The summed E-state index contributed by atoms with van der Waals surface area (Å²) in [6.07, 6.45) is 2.14. The number of fused-ring (bicyclic) bond motifs is 5. The van der Waals surface area contributed by atoms with Gasteiger partial charge in [-0.05, 0) is 37.3 Å². The van der Waals surface area contributed by atoms with Crippen molar-refractivity contribution in [2.24, 2.45) is 11.8 Å². The Balaban J connectivity index is 1.69. The lowest BCUT2D eigenvalue weighted by Crippen LogP contribution is -2.48. The van der Waals surface area contributed by atoms with Crippen LogP contribution < -0.4 is 0 Å². The molecule has 4 rings (SSSR count). The molecule has 0 spiro atoms. The quantitative estimate of drug-likeness (QED) is 0.873. The summed E-state index contributed by atoms with van der Waals surface area (Å²) in [4.78, 5) is 30.0. The van der Waals surface area contributed by atoms with Crippen LogP contribution in [-0.4, -0.2) is 41.8 Å². The van der Waals surface area contributed by atoms with E-state index in [1.807, 2.05) is 0 Å². The highest BCUT2D eigenvalue weighted by Crippen LogP contribution is 2.44. The third-order valence-corrected chi connectivity index (χ3v) is 5.97. The number of carbonyl (C=O) groups is 2. The molecule has 3 atom stereocenters. The molecular weight excluding hydrogens is 316 g/mol. The average Bonchev–Trinajstić information content (AvgIpc) is 3.00. The van der Waals surface area contributed by atoms with Crippen molar-refractivity contribution in [3.63, 3.8) is 0 Å². The number of aromatic nitrogens is 1. The van der Waals surface area contributed by atoms with E-state index in [1.165, 1.54) is 29.3 Å². The molecule has 1 fully saturated rings. The summed E-state index contributed by atoms with van der Waals surface area (Å²) >= 11 is 0. The van der Waals surface area contributed by atoms with E-state index in [4.69, 9.17) is 4.74 Å². The van der Waals surface area contributed by atoms with E-state index in [0.717, 1.165) is 25.9 Å². The van der Waals surface area contributed by atoms with Crippen LogP contribution in [0.1, 0.15) is 37.1 Å². The molecule has 0 radical (unpaired) electrons. The minimum Gasteiger partial charge on any atom is -0.469 e. The summed E-state index contributed by atoms with van der Waals surface area (Å²) in [5.41, 5.74) is 3.84. The molecule has 3 heterocycles. The number of aromatic amines is 1. The Morgan fingerprint density at radius 3 is 2.88 bits per heavy atom. The topological polar surface area (TPSA) is 62.4 Å². The standard InChI is InChI=1S/C20H24N2O3/c1-12(23)16-11-22-8-7-15-14-5-3-4-6-17(14)21-20(15)18(22)9-13(16)10-19(24)25-2/h3-6,13,16,18,21H,7-11H2,1-2H3/t13-,16-,18+/m1/s1. The molecule has 5 heteroatoms. The van der Waals surface area contributed by atoms with Crippen molar-refractivity contribution >= 4 is 22.7 Å². The van der Waals surface area contributed by atoms with Crippen LogP contribution >= 0.6 is 0 Å². The van der Waals surface area contributed by atoms with E-state index in [1.54, 1.807) is 6.92 Å². The second kappa shape index (κ2) is 6.30. The summed E-state index contributed by atoms with van der Waals surface area (Å²) in [5, 5.41) is 1.30. The molecule has 1 saturated heterocycles. The Hall–Kier alpha value is -2.14. The number of rotatable bonds is 3. The van der Waals surface area contributed by atoms with Gasteiger partial charge < -0.3 is 9.72 Å². The molecule has 2 aromatic rings. The van der Waals surface area contributed by atoms with Gasteiger partial charge >= 0.3 is 5.97 Å². The highest BCUT2D eigenvalue weighted by atomic mass is 16.5. The molecule has 5 nitrogen and oxygen atoms in total. The lowest BCUT2D eigenvalue weighted by Gasteiger charge is -2.45. The van der Waals surface area contributed by atoms with E-state index < -0.39 is 0 Å². The minimum absolute atomic E-state index is 0.0450. The maximum absolute atomic E-state index is 12.2. The van der Waals surface area contributed by atoms with Gasteiger partial charge in [-0.3, -0.25) is 14.5 Å². The molecule has 1 aromatic carbocycles. The number of methoxy groups -OCH3 is 1. The number of Topliss-reactive ketones (excluding diaryl/α,β-unsaturated/α-hetero) is 1. The molecule has 0 amide bonds. The van der Waals surface area contributed by atoms with Crippen molar-refractivity contribution < 1.29 is 14.3 Å². The van der Waals surface area contributed by atoms with Gasteiger partial charge in [-0.25, -0.2) is 0 Å². The molecular formula is C20H24N2O3. The predicted molar refractivity (Wildman–Crippen MR) is 95.2 cm³/mol. The van der Waals surface area contributed by atoms with Gasteiger partial charge in [-0.2, -0.15) is 0 Å². The SMILES string of the molecule is COC(=O)C[C@H]1C[C@H]2c3[nH]c4ccccc4c3CCN2C[C@@H]1C(C)=O. The van der Waals surface area contributed by atoms with Gasteiger partial charge in [0.05, 0.1) is 13.2 Å². The highest BCUT2D eigenvalue weighted by molar-refractivity contribution is 5.85. The van der Waals surface area contributed by atoms with Crippen LogP contribution in [0.5, 0.6) is 0 Å². The number of H-pyrrole nitrogens is 1. The van der Waals surface area contributed by atoms with Gasteiger partial charge in [0.2, 0.25) is 0 Å². The van der Waals surface area contributed by atoms with Crippen molar-refractivity contribution in [2.45, 2.75) is 32.2 Å². The molecule has 25 heavy (non-hydrogen) atoms. The van der Waals surface area contributed by atoms with Crippen LogP contribution in [-0.2, 0) is 20.7 Å². The summed E-state index contributed by atoms with van der Waals surface area (Å²) < 4.78 is 4.86. The maximum atomic E-state index is 12.2. The first-order chi connectivity index (χ1) is 12.1. The minimum atomic E-state index is -0.225. The van der Waals surface area contributed by atoms with Crippen LogP contribution in [0.2, 0.25) is 0 Å². The van der Waals surface area contributed by atoms with Crippen LogP contribution in [0.15, 0.2) is 24.3 Å². The third-order valence-electron chi connectivity index (χ3n) is 5.97. The number of benzene rings is 1. The summed E-state index contributed by atoms with van der Waals surface area (Å²) in [6, 6.07) is 8.67. The maximum Gasteiger partial charge on any atom is 0.305 e. The van der Waals surface area contributed by atoms with Crippen molar-refractivity contribution in [1.82, 2.24) is 9.88 Å². The third kappa shape index (κ3) is 2.76. The lowest BCUT2D eigenvalue weighted by atomic mass is 9.75. The number of ether oxygens (including phenoxy) is 1. The summed E-state index contributed by atoms with van der Waals surface area (Å²) in [6.45, 7) is 3.35. The smallest absolute Gasteiger partial charge is 0.305 e. The average molecular weight is 340 g/mol. The fraction of sp³-hybridized carbons (Fsp3) is 0.500. The number of esters is 1. The van der Waals surface area contributed by atoms with Crippen LogP contribution in [0.4, 0.5) is 0 Å². The normalized spacial score (nSPS) is 26.1. The lowest BCUT2D eigenvalue weighted by molar-refractivity contribution is -0.143. The molecule has 2 aliphatic rings. The van der Waals surface area contributed by atoms with Crippen molar-refractivity contribution in [3.05, 3.63) is 35.5 Å². The van der Waals surface area contributed by atoms with E-state index in [0.29, 0.717) is 6.42 Å². The van der Waals surface area contributed by atoms with E-state index in [2.05, 4.69) is 34.1 Å². The van der Waals surface area contributed by atoms with Gasteiger partial charge in [0.1, 0.15) is 5.78 Å². The van der Waals surface area contributed by atoms with Gasteiger partial charge in [0.15, 0.2) is 0 Å². The zero-order valence-corrected chi connectivity index (χ0v) is 14.7. The fourth-order valence-electron chi connectivity index (χ4n) is 4.69. The Labute approximate surface area is 147 Å². The Bertz CT molecular complexity index is 825.